The van der Waals surface area contributed by atoms with Crippen LogP contribution in [0, 0.1) is 6.92 Å². The van der Waals surface area contributed by atoms with Crippen molar-refractivity contribution in [3.05, 3.63) is 106 Å². The summed E-state index contributed by atoms with van der Waals surface area (Å²) in [6.07, 6.45) is 3.42. The van der Waals surface area contributed by atoms with Gasteiger partial charge in [0.1, 0.15) is 35.5 Å². The summed E-state index contributed by atoms with van der Waals surface area (Å²) < 4.78 is 54.5. The smallest absolute Gasteiger partial charge is 0.421 e. The number of nitrogens with one attached hydrogen (secondary N) is 4. The molecule has 3 aromatic carbocycles. The Balaban J connectivity index is 0.858. The lowest BCUT2D eigenvalue weighted by molar-refractivity contribution is -0.137. The third kappa shape index (κ3) is 12.1. The minimum absolute atomic E-state index is 0.0750. The summed E-state index contributed by atoms with van der Waals surface area (Å²) >= 11 is 0. The molecule has 0 saturated carbocycles. The average Bonchev–Trinajstić information content (AvgIpc) is 3.57. The highest BCUT2D eigenvalue weighted by Crippen LogP contribution is 2.40. The number of unbranched alkanes of at least 4 members (excludes halogenated alkanes) is 4. The number of alkyl halides is 3. The number of nitrogens with zero attached hydrogens (tertiary/aromatic N) is 4. The van der Waals surface area contributed by atoms with Crippen LogP contribution in [0.3, 0.4) is 0 Å². The molecule has 15 nitrogen and oxygen atoms in total. The number of anilines is 4. The highest BCUT2D eigenvalue weighted by Gasteiger charge is 2.45. The summed E-state index contributed by atoms with van der Waals surface area (Å²) in [7, 11) is 1.44. The third-order valence-corrected chi connectivity index (χ3v) is 12.6. The van der Waals surface area contributed by atoms with Crippen molar-refractivity contribution in [1.82, 2.24) is 30.4 Å². The van der Waals surface area contributed by atoms with Gasteiger partial charge in [-0.2, -0.15) is 18.2 Å². The number of hydrogen-bond donors (Lipinski definition) is 4. The number of imide groups is 1. The third-order valence-electron chi connectivity index (χ3n) is 12.6. The predicted octanol–water partition coefficient (Wildman–Crippen LogP) is 8.99. The number of hydrogen-bond acceptors (Lipinski definition) is 12. The zero-order valence-corrected chi connectivity index (χ0v) is 39.4. The van der Waals surface area contributed by atoms with Gasteiger partial charge in [-0.05, 0) is 132 Å². The number of carbonyl (C=O) groups excluding carboxylic acids is 5. The van der Waals surface area contributed by atoms with Crippen LogP contribution >= 0.6 is 0 Å². The maximum atomic E-state index is 14.2. The van der Waals surface area contributed by atoms with Crippen molar-refractivity contribution in [2.24, 2.45) is 0 Å². The molecule has 366 valence electrons. The van der Waals surface area contributed by atoms with Crippen molar-refractivity contribution < 1.29 is 46.6 Å². The first-order valence-electron chi connectivity index (χ1n) is 23.5. The molecule has 4 amide bonds. The number of halogens is 3. The van der Waals surface area contributed by atoms with Crippen LogP contribution in [0.2, 0.25) is 0 Å². The summed E-state index contributed by atoms with van der Waals surface area (Å²) in [4.78, 5) is 76.1. The Kier molecular flexibility index (Phi) is 16.0. The lowest BCUT2D eigenvalue weighted by Crippen LogP contribution is -2.51. The Hall–Kier alpha value is -6.82. The first-order valence-corrected chi connectivity index (χ1v) is 23.5. The van der Waals surface area contributed by atoms with Gasteiger partial charge in [0, 0.05) is 25.4 Å². The topological polar surface area (TPSA) is 184 Å². The van der Waals surface area contributed by atoms with E-state index in [-0.39, 0.29) is 58.5 Å². The number of allylic oxidation sites excluding steroid dienone is 1. The van der Waals surface area contributed by atoms with E-state index in [1.165, 1.54) is 25.2 Å². The molecular formula is C51H59F3N8O7. The number of aryl methyl sites for hydroxylation is 1. The molecular weight excluding hydrogens is 894 g/mol. The second kappa shape index (κ2) is 22.1. The van der Waals surface area contributed by atoms with Crippen LogP contribution in [0.5, 0.6) is 11.5 Å². The van der Waals surface area contributed by atoms with Gasteiger partial charge >= 0.3 is 6.18 Å². The number of amides is 4. The van der Waals surface area contributed by atoms with Crippen molar-refractivity contribution in [3.8, 4) is 11.5 Å². The van der Waals surface area contributed by atoms with Gasteiger partial charge in [0.25, 0.3) is 17.7 Å². The van der Waals surface area contributed by atoms with Crippen LogP contribution in [-0.2, 0) is 15.8 Å². The predicted molar refractivity (Wildman–Crippen MR) is 254 cm³/mol. The molecule has 4 heterocycles. The number of ether oxygens (including phenoxy) is 2. The fraction of sp³-hybridized carbons (Fsp3) is 0.431. The number of rotatable bonds is 20. The molecule has 4 aromatic rings. The molecule has 0 bridgehead atoms. The molecule has 69 heavy (non-hydrogen) atoms. The van der Waals surface area contributed by atoms with Crippen molar-refractivity contribution in [1.29, 1.82) is 0 Å². The van der Waals surface area contributed by atoms with E-state index in [2.05, 4.69) is 42.7 Å². The first-order chi connectivity index (χ1) is 33.0. The second-order valence-corrected chi connectivity index (χ2v) is 18.0. The number of benzene rings is 3. The molecule has 1 aromatic heterocycles. The minimum Gasteiger partial charge on any atom is -0.489 e. The molecule has 4 N–H and O–H groups in total. The quantitative estimate of drug-likeness (QED) is 0.0488. The van der Waals surface area contributed by atoms with E-state index >= 15 is 0 Å². The van der Waals surface area contributed by atoms with Gasteiger partial charge in [0.05, 0.1) is 34.2 Å². The van der Waals surface area contributed by atoms with E-state index in [1.807, 2.05) is 32.9 Å². The van der Waals surface area contributed by atoms with Gasteiger partial charge in [-0.25, -0.2) is 4.98 Å². The lowest BCUT2D eigenvalue weighted by atomic mass is 9.86. The van der Waals surface area contributed by atoms with Gasteiger partial charge in [-0.1, -0.05) is 44.0 Å². The molecule has 0 spiro atoms. The van der Waals surface area contributed by atoms with Gasteiger partial charge in [0.2, 0.25) is 11.9 Å². The number of likely N-dealkylation sites (tertiary alicyclic amines) is 1. The van der Waals surface area contributed by atoms with E-state index < -0.39 is 47.2 Å². The first kappa shape index (κ1) is 50.1. The second-order valence-electron chi connectivity index (χ2n) is 18.0. The van der Waals surface area contributed by atoms with E-state index in [1.54, 1.807) is 24.3 Å². The summed E-state index contributed by atoms with van der Waals surface area (Å²) in [5, 5.41) is 10.9. The monoisotopic (exact) mass is 952 g/mol. The number of piperidine rings is 2. The summed E-state index contributed by atoms with van der Waals surface area (Å²) in [5.74, 6) is -1.81. The normalized spacial score (nSPS) is 16.6. The highest BCUT2D eigenvalue weighted by molar-refractivity contribution is 6.24. The van der Waals surface area contributed by atoms with Crippen molar-refractivity contribution >= 4 is 52.6 Å². The summed E-state index contributed by atoms with van der Waals surface area (Å²) in [5.41, 5.74) is 2.65. The van der Waals surface area contributed by atoms with Crippen molar-refractivity contribution in [2.45, 2.75) is 109 Å². The molecule has 3 aliphatic rings. The molecule has 7 rings (SSSR count). The molecule has 1 atom stereocenters. The lowest BCUT2D eigenvalue weighted by Gasteiger charge is -2.33. The van der Waals surface area contributed by atoms with E-state index in [0.717, 1.165) is 80.6 Å². The summed E-state index contributed by atoms with van der Waals surface area (Å²) in [6.45, 7) is 12.2. The Labute approximate surface area is 399 Å². The molecule has 2 saturated heterocycles. The molecule has 0 radical (unpaired) electrons. The largest absolute Gasteiger partial charge is 0.489 e. The van der Waals surface area contributed by atoms with Crippen LogP contribution in [0.25, 0.3) is 0 Å². The Morgan fingerprint density at radius 1 is 0.913 bits per heavy atom. The van der Waals surface area contributed by atoms with Crippen LogP contribution in [0.1, 0.15) is 132 Å². The average molecular weight is 953 g/mol. The molecule has 0 aliphatic carbocycles. The molecule has 1 unspecified atom stereocenters. The summed E-state index contributed by atoms with van der Waals surface area (Å²) in [6, 6.07) is 13.9. The molecule has 2 fully saturated rings. The minimum atomic E-state index is -4.77. The maximum absolute atomic E-state index is 14.2. The number of aromatic nitrogens is 2. The van der Waals surface area contributed by atoms with Crippen LogP contribution < -0.4 is 30.7 Å². The Bertz CT molecular complexity index is 2590. The van der Waals surface area contributed by atoms with E-state index in [0.29, 0.717) is 42.6 Å². The molecule has 18 heteroatoms. The Morgan fingerprint density at radius 3 is 2.38 bits per heavy atom. The van der Waals surface area contributed by atoms with Crippen molar-refractivity contribution in [3.63, 3.8) is 0 Å². The SMILES string of the molecule is C=C1CCC(N2C(=O)c3cccc(OCC(=O)CCCCCCCN4CCC(c5cc(OC(C)C)c(Nc6ncc(C(F)(F)F)c(Nc7ccccc7C(=O)NC)n6)cc5C)CC4)c3C2=O)C(=O)N1. The van der Waals surface area contributed by atoms with Gasteiger partial charge < -0.3 is 35.6 Å². The van der Waals surface area contributed by atoms with Gasteiger partial charge in [0.15, 0.2) is 5.78 Å². The number of ketones is 1. The zero-order chi connectivity index (χ0) is 49.4. The number of para-hydroxylation sites is 1. The number of fused-ring (bicyclic) bond motifs is 1. The zero-order valence-electron chi connectivity index (χ0n) is 39.4. The standard InChI is InChI=1S/C51H59F3N8O7/c1-30(2)69-43-27-37(31(3)26-40(43)59-50-56-28-38(51(52,53)54)45(60-50)58-39-17-11-10-15-35(39)46(64)55-5)33-21-24-61(25-22-33)23-12-8-6-7-9-14-34(63)29-68-42-18-13-16-36-44(42)49(67)62(48(36)66)41-20-19-32(4)57-47(41)65/h10-11,13,15-18,26-28,30,33,41H,4,6-9,12,14,19-25,29H2,1-3,5H3,(H,55,64)(H,57,65)(H2,56,58,59,60). The highest BCUT2D eigenvalue weighted by atomic mass is 19.4. The maximum Gasteiger partial charge on any atom is 0.421 e. The van der Waals surface area contributed by atoms with Crippen molar-refractivity contribution in [2.75, 3.05) is 43.9 Å². The van der Waals surface area contributed by atoms with Crippen LogP contribution in [0.4, 0.5) is 36.3 Å². The Morgan fingerprint density at radius 2 is 1.65 bits per heavy atom. The van der Waals surface area contributed by atoms with E-state index in [9.17, 15) is 37.1 Å². The fourth-order valence-corrected chi connectivity index (χ4v) is 9.08. The fourth-order valence-electron chi connectivity index (χ4n) is 9.08. The van der Waals surface area contributed by atoms with Gasteiger partial charge in [-0.3, -0.25) is 28.9 Å². The molecule has 3 aliphatic heterocycles. The van der Waals surface area contributed by atoms with Crippen LogP contribution in [-0.4, -0.2) is 94.6 Å². The van der Waals surface area contributed by atoms with E-state index in [4.69, 9.17) is 9.47 Å². The number of carbonyl (C=O) groups is 5. The number of Topliss-reactive ketones (excluding diaryl/α,β-unsaturated/α-hetero) is 1. The van der Waals surface area contributed by atoms with Gasteiger partial charge in [-0.15, -0.1) is 0 Å². The van der Waals surface area contributed by atoms with Crippen LogP contribution in [0.15, 0.2) is 73.1 Å².